The van der Waals surface area contributed by atoms with Crippen LogP contribution in [0.3, 0.4) is 0 Å². The fraction of sp³-hybridized carbons (Fsp3) is 0.176. The molecule has 0 fully saturated rings. The summed E-state index contributed by atoms with van der Waals surface area (Å²) in [4.78, 5) is 16.8. The Morgan fingerprint density at radius 1 is 1.13 bits per heavy atom. The van der Waals surface area contributed by atoms with E-state index in [0.717, 1.165) is 5.69 Å². The molecular weight excluding hydrogens is 295 g/mol. The van der Waals surface area contributed by atoms with Crippen molar-refractivity contribution in [2.75, 3.05) is 0 Å². The molecule has 2 aromatic heterocycles. The number of carbonyl (C=O) groups excluding carboxylic acids is 1. The molecule has 3 rings (SSSR count). The molecule has 6 heteroatoms. The first-order valence-electron chi connectivity index (χ1n) is 7.18. The van der Waals surface area contributed by atoms with Gasteiger partial charge in [0.2, 0.25) is 0 Å². The first kappa shape index (κ1) is 15.0. The molecule has 2 heterocycles. The highest BCUT2D eigenvalue weighted by atomic mass is 19.1. The molecule has 0 radical (unpaired) electrons. The van der Waals surface area contributed by atoms with Crippen LogP contribution in [0.25, 0.3) is 5.69 Å². The van der Waals surface area contributed by atoms with Crippen LogP contribution in [0.1, 0.15) is 27.6 Å². The van der Waals surface area contributed by atoms with Crippen molar-refractivity contribution in [3.8, 4) is 5.69 Å². The van der Waals surface area contributed by atoms with E-state index in [4.69, 9.17) is 0 Å². The summed E-state index contributed by atoms with van der Waals surface area (Å²) < 4.78 is 14.5. The Morgan fingerprint density at radius 3 is 2.57 bits per heavy atom. The van der Waals surface area contributed by atoms with E-state index in [1.54, 1.807) is 19.1 Å². The molecule has 5 nitrogen and oxygen atoms in total. The van der Waals surface area contributed by atoms with Crippen LogP contribution in [0, 0.1) is 19.7 Å². The third-order valence-electron chi connectivity index (χ3n) is 3.52. The molecule has 0 spiro atoms. The second-order valence-electron chi connectivity index (χ2n) is 5.28. The quantitative estimate of drug-likeness (QED) is 0.695. The fourth-order valence-electron chi connectivity index (χ4n) is 2.36. The molecule has 1 aromatic carbocycles. The van der Waals surface area contributed by atoms with Crippen LogP contribution in [0.2, 0.25) is 0 Å². The second kappa shape index (κ2) is 6.08. The minimum atomic E-state index is -0.326. The average Bonchev–Trinajstić information content (AvgIpc) is 2.90. The number of aromatic nitrogens is 4. The van der Waals surface area contributed by atoms with Crippen LogP contribution in [0.4, 0.5) is 4.39 Å². The predicted molar refractivity (Wildman–Crippen MR) is 83.1 cm³/mol. The number of rotatable bonds is 4. The van der Waals surface area contributed by atoms with Crippen LogP contribution in [-0.2, 0) is 6.42 Å². The van der Waals surface area contributed by atoms with Crippen molar-refractivity contribution >= 4 is 5.78 Å². The summed E-state index contributed by atoms with van der Waals surface area (Å²) in [5.74, 6) is -0.470. The number of halogens is 1. The lowest BCUT2D eigenvalue weighted by Crippen LogP contribution is -2.08. The summed E-state index contributed by atoms with van der Waals surface area (Å²) in [5, 5.41) is 7.97. The number of benzene rings is 1. The number of aryl methyl sites for hydroxylation is 1. The molecule has 0 saturated heterocycles. The molecule has 0 aliphatic carbocycles. The lowest BCUT2D eigenvalue weighted by molar-refractivity contribution is 0.0986. The van der Waals surface area contributed by atoms with Gasteiger partial charge in [-0.3, -0.25) is 9.78 Å². The lowest BCUT2D eigenvalue weighted by Gasteiger charge is -2.03. The van der Waals surface area contributed by atoms with Gasteiger partial charge >= 0.3 is 0 Å². The van der Waals surface area contributed by atoms with Crippen LogP contribution >= 0.6 is 0 Å². The Balaban J connectivity index is 1.86. The van der Waals surface area contributed by atoms with Gasteiger partial charge in [-0.15, -0.1) is 5.10 Å². The van der Waals surface area contributed by atoms with Gasteiger partial charge in [-0.05, 0) is 50.2 Å². The smallest absolute Gasteiger partial charge is 0.190 e. The van der Waals surface area contributed by atoms with Crippen molar-refractivity contribution in [1.82, 2.24) is 20.0 Å². The monoisotopic (exact) mass is 310 g/mol. The molecule has 0 bridgehead atoms. The van der Waals surface area contributed by atoms with Gasteiger partial charge in [0.1, 0.15) is 5.82 Å². The van der Waals surface area contributed by atoms with E-state index in [-0.39, 0.29) is 18.0 Å². The normalized spacial score (nSPS) is 10.7. The van der Waals surface area contributed by atoms with Crippen molar-refractivity contribution in [2.24, 2.45) is 0 Å². The Bertz CT molecular complexity index is 855. The van der Waals surface area contributed by atoms with E-state index in [1.165, 1.54) is 16.8 Å². The molecule has 0 aliphatic heterocycles. The van der Waals surface area contributed by atoms with Crippen LogP contribution in [-0.4, -0.2) is 25.8 Å². The van der Waals surface area contributed by atoms with Gasteiger partial charge in [-0.1, -0.05) is 11.3 Å². The number of hydrogen-bond acceptors (Lipinski definition) is 4. The zero-order chi connectivity index (χ0) is 16.4. The Hall–Kier alpha value is -2.89. The highest BCUT2D eigenvalue weighted by molar-refractivity contribution is 5.96. The molecule has 116 valence electrons. The topological polar surface area (TPSA) is 60.7 Å². The van der Waals surface area contributed by atoms with E-state index < -0.39 is 0 Å². The summed E-state index contributed by atoms with van der Waals surface area (Å²) in [6.45, 7) is 3.64. The number of pyridine rings is 1. The number of ketones is 1. The van der Waals surface area contributed by atoms with Crippen molar-refractivity contribution in [2.45, 2.75) is 20.3 Å². The zero-order valence-electron chi connectivity index (χ0n) is 12.8. The van der Waals surface area contributed by atoms with Gasteiger partial charge in [0.25, 0.3) is 0 Å². The standard InChI is InChI=1S/C17H15FN4O/c1-11-4-3-5-14(19-11)10-16(23)17-12(2)22(21-20-17)15-8-6-13(18)7-9-15/h3-9H,10H2,1-2H3. The molecule has 23 heavy (non-hydrogen) atoms. The number of carbonyl (C=O) groups is 1. The zero-order valence-corrected chi connectivity index (χ0v) is 12.8. The molecule has 0 saturated carbocycles. The summed E-state index contributed by atoms with van der Waals surface area (Å²) in [5.41, 5.74) is 3.14. The summed E-state index contributed by atoms with van der Waals surface area (Å²) in [6, 6.07) is 11.4. The minimum absolute atomic E-state index is 0.144. The lowest BCUT2D eigenvalue weighted by atomic mass is 10.1. The van der Waals surface area contributed by atoms with Crippen LogP contribution in [0.5, 0.6) is 0 Å². The van der Waals surface area contributed by atoms with E-state index in [9.17, 15) is 9.18 Å². The maximum atomic E-state index is 13.0. The van der Waals surface area contributed by atoms with Gasteiger partial charge in [-0.2, -0.15) is 0 Å². The van der Waals surface area contributed by atoms with Gasteiger partial charge in [0, 0.05) is 11.4 Å². The molecule has 3 aromatic rings. The maximum Gasteiger partial charge on any atom is 0.190 e. The van der Waals surface area contributed by atoms with Gasteiger partial charge in [-0.25, -0.2) is 9.07 Å². The van der Waals surface area contributed by atoms with Gasteiger partial charge in [0.15, 0.2) is 11.5 Å². The van der Waals surface area contributed by atoms with Crippen molar-refractivity contribution in [1.29, 1.82) is 0 Å². The largest absolute Gasteiger partial charge is 0.292 e. The maximum absolute atomic E-state index is 13.0. The number of nitrogens with zero attached hydrogens (tertiary/aromatic N) is 4. The molecular formula is C17H15FN4O. The number of Topliss-reactive ketones (excluding diaryl/α,β-unsaturated/α-hetero) is 1. The van der Waals surface area contributed by atoms with E-state index >= 15 is 0 Å². The second-order valence-corrected chi connectivity index (χ2v) is 5.28. The van der Waals surface area contributed by atoms with Crippen LogP contribution in [0.15, 0.2) is 42.5 Å². The van der Waals surface area contributed by atoms with Crippen molar-refractivity contribution in [3.63, 3.8) is 0 Å². The first-order valence-corrected chi connectivity index (χ1v) is 7.18. The Labute approximate surface area is 132 Å². The Kier molecular flexibility index (Phi) is 3.97. The molecule has 0 N–H and O–H groups in total. The molecule has 0 unspecified atom stereocenters. The molecule has 0 atom stereocenters. The Morgan fingerprint density at radius 2 is 1.87 bits per heavy atom. The third kappa shape index (κ3) is 3.15. The van der Waals surface area contributed by atoms with Gasteiger partial charge in [0.05, 0.1) is 17.8 Å². The van der Waals surface area contributed by atoms with Crippen molar-refractivity contribution in [3.05, 3.63) is 71.1 Å². The third-order valence-corrected chi connectivity index (χ3v) is 3.52. The van der Waals surface area contributed by atoms with E-state index in [1.807, 2.05) is 25.1 Å². The predicted octanol–water partition coefficient (Wildman–Crippen LogP) is 2.84. The summed E-state index contributed by atoms with van der Waals surface area (Å²) >= 11 is 0. The highest BCUT2D eigenvalue weighted by Crippen LogP contribution is 2.14. The molecule has 0 amide bonds. The molecule has 0 aliphatic rings. The summed E-state index contributed by atoms with van der Waals surface area (Å²) in [6.07, 6.45) is 0.171. The minimum Gasteiger partial charge on any atom is -0.292 e. The average molecular weight is 310 g/mol. The van der Waals surface area contributed by atoms with E-state index in [0.29, 0.717) is 22.8 Å². The van der Waals surface area contributed by atoms with Crippen LogP contribution < -0.4 is 0 Å². The number of hydrogen-bond donors (Lipinski definition) is 0. The fourth-order valence-corrected chi connectivity index (χ4v) is 2.36. The highest BCUT2D eigenvalue weighted by Gasteiger charge is 2.18. The first-order chi connectivity index (χ1) is 11.0. The van der Waals surface area contributed by atoms with Crippen molar-refractivity contribution < 1.29 is 9.18 Å². The SMILES string of the molecule is Cc1cccc(CC(=O)c2nnn(-c3ccc(F)cc3)c2C)n1. The van der Waals surface area contributed by atoms with E-state index in [2.05, 4.69) is 15.3 Å². The van der Waals surface area contributed by atoms with Gasteiger partial charge < -0.3 is 0 Å². The summed E-state index contributed by atoms with van der Waals surface area (Å²) in [7, 11) is 0.